The van der Waals surface area contributed by atoms with Crippen molar-refractivity contribution in [2.75, 3.05) is 6.54 Å². The third-order valence-electron chi connectivity index (χ3n) is 4.22. The van der Waals surface area contributed by atoms with Crippen molar-refractivity contribution in [3.05, 3.63) is 35.6 Å². The molecule has 0 radical (unpaired) electrons. The van der Waals surface area contributed by atoms with Gasteiger partial charge >= 0.3 is 0 Å². The molecule has 0 aromatic heterocycles. The molecule has 2 rings (SSSR count). The van der Waals surface area contributed by atoms with Gasteiger partial charge in [0.15, 0.2) is 0 Å². The number of carbonyl (C=O) groups is 1. The zero-order valence-electron chi connectivity index (χ0n) is 12.0. The normalized spacial score (nSPS) is 18.1. The molecule has 0 bridgehead atoms. The standard InChI is InChI=1S/C16H23FN2O/c1-12(18)3-8-15(20)19-11-16(9-2-10-16)13-4-6-14(17)7-5-13/h4-7,12H,2-3,8-11,18H2,1H3,(H,19,20). The minimum Gasteiger partial charge on any atom is -0.355 e. The second-order valence-electron chi connectivity index (χ2n) is 5.93. The van der Waals surface area contributed by atoms with E-state index in [2.05, 4.69) is 5.32 Å². The SMILES string of the molecule is CC(N)CCC(=O)NCC1(c2ccc(F)cc2)CCC1. The van der Waals surface area contributed by atoms with Gasteiger partial charge in [-0.1, -0.05) is 18.6 Å². The molecule has 1 atom stereocenters. The number of nitrogens with two attached hydrogens (primary N) is 1. The first-order valence-corrected chi connectivity index (χ1v) is 7.30. The van der Waals surface area contributed by atoms with Crippen LogP contribution in [0.3, 0.4) is 0 Å². The second-order valence-corrected chi connectivity index (χ2v) is 5.93. The van der Waals surface area contributed by atoms with E-state index in [0.717, 1.165) is 24.8 Å². The van der Waals surface area contributed by atoms with Gasteiger partial charge in [-0.05, 0) is 43.9 Å². The van der Waals surface area contributed by atoms with Gasteiger partial charge in [0.2, 0.25) is 5.91 Å². The van der Waals surface area contributed by atoms with E-state index in [0.29, 0.717) is 19.4 Å². The van der Waals surface area contributed by atoms with Gasteiger partial charge < -0.3 is 11.1 Å². The summed E-state index contributed by atoms with van der Waals surface area (Å²) in [5.41, 5.74) is 6.77. The average Bonchev–Trinajstić information content (AvgIpc) is 2.37. The third kappa shape index (κ3) is 3.57. The first-order valence-electron chi connectivity index (χ1n) is 7.30. The summed E-state index contributed by atoms with van der Waals surface area (Å²) >= 11 is 0. The predicted octanol–water partition coefficient (Wildman–Crippen LogP) is 2.49. The van der Waals surface area contributed by atoms with E-state index in [4.69, 9.17) is 5.73 Å². The molecular formula is C16H23FN2O. The maximum absolute atomic E-state index is 13.0. The van der Waals surface area contributed by atoms with E-state index in [1.807, 2.05) is 19.1 Å². The molecule has 1 amide bonds. The van der Waals surface area contributed by atoms with Gasteiger partial charge in [-0.15, -0.1) is 0 Å². The Morgan fingerprint density at radius 2 is 2.05 bits per heavy atom. The highest BCUT2D eigenvalue weighted by molar-refractivity contribution is 5.76. The van der Waals surface area contributed by atoms with Gasteiger partial charge in [0.25, 0.3) is 0 Å². The summed E-state index contributed by atoms with van der Waals surface area (Å²) in [6.07, 6.45) is 4.43. The molecule has 1 aromatic rings. The summed E-state index contributed by atoms with van der Waals surface area (Å²) in [5.74, 6) is -0.167. The number of hydrogen-bond acceptors (Lipinski definition) is 2. The van der Waals surface area contributed by atoms with Crippen molar-refractivity contribution in [1.82, 2.24) is 5.32 Å². The minimum atomic E-state index is -0.218. The zero-order chi connectivity index (χ0) is 14.6. The highest BCUT2D eigenvalue weighted by Crippen LogP contribution is 2.43. The Hall–Kier alpha value is -1.42. The fourth-order valence-electron chi connectivity index (χ4n) is 2.69. The molecular weight excluding hydrogens is 255 g/mol. The van der Waals surface area contributed by atoms with Crippen molar-refractivity contribution in [1.29, 1.82) is 0 Å². The van der Waals surface area contributed by atoms with Crippen molar-refractivity contribution in [3.63, 3.8) is 0 Å². The highest BCUT2D eigenvalue weighted by atomic mass is 19.1. The van der Waals surface area contributed by atoms with Crippen LogP contribution in [0.15, 0.2) is 24.3 Å². The zero-order valence-corrected chi connectivity index (χ0v) is 12.0. The van der Waals surface area contributed by atoms with Crippen molar-refractivity contribution in [2.24, 2.45) is 5.73 Å². The third-order valence-corrected chi connectivity index (χ3v) is 4.22. The monoisotopic (exact) mass is 278 g/mol. The number of carbonyl (C=O) groups excluding carboxylic acids is 1. The van der Waals surface area contributed by atoms with Crippen LogP contribution < -0.4 is 11.1 Å². The summed E-state index contributed by atoms with van der Waals surface area (Å²) in [7, 11) is 0. The Bertz CT molecular complexity index is 452. The first-order chi connectivity index (χ1) is 9.52. The smallest absolute Gasteiger partial charge is 0.220 e. The fourth-order valence-corrected chi connectivity index (χ4v) is 2.69. The molecule has 1 aromatic carbocycles. The van der Waals surface area contributed by atoms with Crippen LogP contribution in [0.1, 0.15) is 44.6 Å². The molecule has 0 aliphatic heterocycles. The molecule has 1 aliphatic rings. The van der Waals surface area contributed by atoms with Crippen LogP contribution in [0.2, 0.25) is 0 Å². The van der Waals surface area contributed by atoms with Crippen molar-refractivity contribution in [2.45, 2.75) is 50.5 Å². The van der Waals surface area contributed by atoms with E-state index < -0.39 is 0 Å². The summed E-state index contributed by atoms with van der Waals surface area (Å²) in [5, 5.41) is 3.01. The Labute approximate surface area is 119 Å². The maximum atomic E-state index is 13.0. The molecule has 110 valence electrons. The average molecular weight is 278 g/mol. The molecule has 0 spiro atoms. The second kappa shape index (κ2) is 6.35. The molecule has 20 heavy (non-hydrogen) atoms. The van der Waals surface area contributed by atoms with Crippen LogP contribution >= 0.6 is 0 Å². The molecule has 0 saturated heterocycles. The van der Waals surface area contributed by atoms with Crippen molar-refractivity contribution < 1.29 is 9.18 Å². The van der Waals surface area contributed by atoms with Crippen LogP contribution in [0.25, 0.3) is 0 Å². The topological polar surface area (TPSA) is 55.1 Å². The Balaban J connectivity index is 1.92. The van der Waals surface area contributed by atoms with Gasteiger partial charge in [0, 0.05) is 24.4 Å². The maximum Gasteiger partial charge on any atom is 0.220 e. The Kier molecular flexibility index (Phi) is 4.76. The predicted molar refractivity (Wildman–Crippen MR) is 77.8 cm³/mol. The summed E-state index contributed by atoms with van der Waals surface area (Å²) in [6, 6.07) is 6.71. The van der Waals surface area contributed by atoms with E-state index in [-0.39, 0.29) is 23.2 Å². The quantitative estimate of drug-likeness (QED) is 0.840. The van der Waals surface area contributed by atoms with Crippen molar-refractivity contribution in [3.8, 4) is 0 Å². The Morgan fingerprint density at radius 1 is 1.40 bits per heavy atom. The molecule has 0 heterocycles. The largest absolute Gasteiger partial charge is 0.355 e. The van der Waals surface area contributed by atoms with Gasteiger partial charge in [-0.25, -0.2) is 4.39 Å². The lowest BCUT2D eigenvalue weighted by Gasteiger charge is -2.42. The van der Waals surface area contributed by atoms with Crippen LogP contribution in [0.5, 0.6) is 0 Å². The number of benzene rings is 1. The fraction of sp³-hybridized carbons (Fsp3) is 0.562. The lowest BCUT2D eigenvalue weighted by Crippen LogP contribution is -2.45. The van der Waals surface area contributed by atoms with Gasteiger partial charge in [0.1, 0.15) is 5.82 Å². The van der Waals surface area contributed by atoms with E-state index in [9.17, 15) is 9.18 Å². The van der Waals surface area contributed by atoms with E-state index in [1.54, 1.807) is 0 Å². The van der Waals surface area contributed by atoms with Crippen LogP contribution in [-0.4, -0.2) is 18.5 Å². The van der Waals surface area contributed by atoms with Crippen LogP contribution in [-0.2, 0) is 10.2 Å². The number of nitrogens with one attached hydrogen (secondary N) is 1. The lowest BCUT2D eigenvalue weighted by molar-refractivity contribution is -0.121. The van der Waals surface area contributed by atoms with Gasteiger partial charge in [-0.2, -0.15) is 0 Å². The molecule has 1 saturated carbocycles. The van der Waals surface area contributed by atoms with Crippen molar-refractivity contribution >= 4 is 5.91 Å². The lowest BCUT2D eigenvalue weighted by atomic mass is 9.64. The number of hydrogen-bond donors (Lipinski definition) is 2. The highest BCUT2D eigenvalue weighted by Gasteiger charge is 2.38. The number of amides is 1. The van der Waals surface area contributed by atoms with E-state index in [1.165, 1.54) is 12.1 Å². The number of halogens is 1. The number of rotatable bonds is 6. The molecule has 3 nitrogen and oxygen atoms in total. The first kappa shape index (κ1) is 15.0. The molecule has 1 aliphatic carbocycles. The molecule has 3 N–H and O–H groups in total. The molecule has 1 unspecified atom stereocenters. The molecule has 1 fully saturated rings. The molecule has 4 heteroatoms. The summed E-state index contributed by atoms with van der Waals surface area (Å²) < 4.78 is 13.0. The van der Waals surface area contributed by atoms with Crippen LogP contribution in [0, 0.1) is 5.82 Å². The summed E-state index contributed by atoms with van der Waals surface area (Å²) in [6.45, 7) is 2.54. The van der Waals surface area contributed by atoms with Gasteiger partial charge in [-0.3, -0.25) is 4.79 Å². The summed E-state index contributed by atoms with van der Waals surface area (Å²) in [4.78, 5) is 11.8. The van der Waals surface area contributed by atoms with Crippen LogP contribution in [0.4, 0.5) is 4.39 Å². The Morgan fingerprint density at radius 3 is 2.55 bits per heavy atom. The van der Waals surface area contributed by atoms with Gasteiger partial charge in [0.05, 0.1) is 0 Å². The van der Waals surface area contributed by atoms with E-state index >= 15 is 0 Å². The minimum absolute atomic E-state index is 0.00229.